The van der Waals surface area contributed by atoms with E-state index in [1.807, 2.05) is 0 Å². The average Bonchev–Trinajstić information content (AvgIpc) is 2.58. The smallest absolute Gasteiger partial charge is 0.394 e. The van der Waals surface area contributed by atoms with Crippen LogP contribution in [-0.4, -0.2) is 8.42 Å². The molecule has 0 aliphatic rings. The first kappa shape index (κ1) is 12.8. The van der Waals surface area contributed by atoms with Crippen molar-refractivity contribution >= 4 is 19.7 Å². The van der Waals surface area contributed by atoms with Crippen molar-refractivity contribution in [2.24, 2.45) is 0 Å². The van der Waals surface area contributed by atoms with Crippen LogP contribution in [0, 0.1) is 5.82 Å². The molecule has 0 atom stereocenters. The van der Waals surface area contributed by atoms with Gasteiger partial charge in [-0.3, -0.25) is 0 Å². The summed E-state index contributed by atoms with van der Waals surface area (Å²) >= 11 is 0. The molecular weight excluding hydrogens is 287 g/mol. The minimum Gasteiger partial charge on any atom is -0.394 e. The highest BCUT2D eigenvalue weighted by Crippen LogP contribution is 2.25. The van der Waals surface area contributed by atoms with Crippen molar-refractivity contribution in [3.05, 3.63) is 46.5 Å². The van der Waals surface area contributed by atoms with Crippen LogP contribution >= 0.6 is 10.7 Å². The molecule has 0 saturated carbocycles. The van der Waals surface area contributed by atoms with Crippen LogP contribution in [0.4, 0.5) is 4.39 Å². The van der Waals surface area contributed by atoms with Crippen LogP contribution in [0.1, 0.15) is 5.76 Å². The second-order valence-corrected chi connectivity index (χ2v) is 6.17. The third-order valence-electron chi connectivity index (χ3n) is 2.06. The van der Waals surface area contributed by atoms with E-state index < -0.39 is 26.4 Å². The first-order valence-electron chi connectivity index (χ1n) is 4.66. The molecule has 2 aromatic rings. The molecule has 5 nitrogen and oxygen atoms in total. The predicted molar refractivity (Wildman–Crippen MR) is 61.1 cm³/mol. The molecule has 0 fully saturated rings. The van der Waals surface area contributed by atoms with E-state index in [0.29, 0.717) is 5.56 Å². The highest BCUT2D eigenvalue weighted by Gasteiger charge is 2.20. The maximum Gasteiger partial charge on any atom is 0.519 e. The summed E-state index contributed by atoms with van der Waals surface area (Å²) in [5.74, 6) is -2.51. The molecule has 1 aromatic carbocycles. The summed E-state index contributed by atoms with van der Waals surface area (Å²) in [5.41, 5.74) is 0.317. The number of halogens is 2. The molecule has 2 rings (SSSR count). The van der Waals surface area contributed by atoms with Crippen LogP contribution in [0.2, 0.25) is 0 Å². The summed E-state index contributed by atoms with van der Waals surface area (Å²) in [6, 6.07) is 4.93. The topological polar surface area (TPSA) is 77.5 Å². The van der Waals surface area contributed by atoms with Gasteiger partial charge in [-0.25, -0.2) is 17.6 Å². The highest BCUT2D eigenvalue weighted by atomic mass is 35.7. The number of hydrogen-bond donors (Lipinski definition) is 0. The van der Waals surface area contributed by atoms with Crippen molar-refractivity contribution in [3.63, 3.8) is 0 Å². The normalized spacial score (nSPS) is 11.7. The van der Waals surface area contributed by atoms with E-state index in [9.17, 15) is 17.6 Å². The fourth-order valence-corrected chi connectivity index (χ4v) is 2.18. The fraction of sp³-hybridized carbons (Fsp3) is 0.100. The third kappa shape index (κ3) is 2.99. The van der Waals surface area contributed by atoms with Crippen LogP contribution in [-0.2, 0) is 14.8 Å². The summed E-state index contributed by atoms with van der Waals surface area (Å²) in [4.78, 5) is 11.0. The van der Waals surface area contributed by atoms with Gasteiger partial charge in [0.1, 0.15) is 11.6 Å². The van der Waals surface area contributed by atoms with Gasteiger partial charge in [0.05, 0.1) is 0 Å². The Morgan fingerprint density at radius 2 is 1.78 bits per heavy atom. The van der Waals surface area contributed by atoms with Crippen LogP contribution in [0.25, 0.3) is 11.3 Å². The molecule has 0 N–H and O–H groups in total. The van der Waals surface area contributed by atoms with Gasteiger partial charge in [0.25, 0.3) is 0 Å². The molecule has 8 heteroatoms. The largest absolute Gasteiger partial charge is 0.519 e. The molecule has 0 saturated heterocycles. The van der Waals surface area contributed by atoms with Crippen molar-refractivity contribution in [3.8, 4) is 11.3 Å². The van der Waals surface area contributed by atoms with Crippen molar-refractivity contribution in [1.82, 2.24) is 0 Å². The Morgan fingerprint density at radius 1 is 1.17 bits per heavy atom. The molecule has 0 radical (unpaired) electrons. The minimum absolute atomic E-state index is 0.0794. The molecule has 0 aliphatic carbocycles. The highest BCUT2D eigenvalue weighted by molar-refractivity contribution is 8.13. The van der Waals surface area contributed by atoms with Gasteiger partial charge in [-0.2, -0.15) is 0 Å². The first-order valence-corrected chi connectivity index (χ1v) is 7.14. The van der Waals surface area contributed by atoms with Gasteiger partial charge in [-0.15, -0.1) is 0 Å². The summed E-state index contributed by atoms with van der Waals surface area (Å²) in [7, 11) is 1.17. The van der Waals surface area contributed by atoms with E-state index in [4.69, 9.17) is 15.1 Å². The van der Waals surface area contributed by atoms with Gasteiger partial charge in [0, 0.05) is 16.2 Å². The van der Waals surface area contributed by atoms with E-state index in [0.717, 1.165) is 12.1 Å². The Balaban J connectivity index is 2.51. The standard InChI is InChI=1S/C10H6ClFO5S/c11-18(14,15)5-8-9(17-10(13)16-8)6-1-3-7(12)4-2-6/h1-4H,5H2. The summed E-state index contributed by atoms with van der Waals surface area (Å²) in [5, 5.41) is 0. The van der Waals surface area contributed by atoms with E-state index in [2.05, 4.69) is 4.42 Å². The van der Waals surface area contributed by atoms with Gasteiger partial charge in [-0.05, 0) is 24.3 Å². The second kappa shape index (κ2) is 4.58. The van der Waals surface area contributed by atoms with Gasteiger partial charge in [0.15, 0.2) is 11.5 Å². The Morgan fingerprint density at radius 3 is 2.33 bits per heavy atom. The molecule has 1 aromatic heterocycles. The van der Waals surface area contributed by atoms with Crippen molar-refractivity contribution in [2.75, 3.05) is 0 Å². The van der Waals surface area contributed by atoms with E-state index in [1.54, 1.807) is 0 Å². The first-order chi connectivity index (χ1) is 8.35. The molecule has 96 valence electrons. The lowest BCUT2D eigenvalue weighted by molar-refractivity contribution is 0.380. The Kier molecular flexibility index (Phi) is 3.27. The Labute approximate surface area is 105 Å². The summed E-state index contributed by atoms with van der Waals surface area (Å²) in [6.45, 7) is 0. The molecule has 0 spiro atoms. The summed E-state index contributed by atoms with van der Waals surface area (Å²) < 4.78 is 44.0. The zero-order valence-electron chi connectivity index (χ0n) is 8.72. The van der Waals surface area contributed by atoms with Gasteiger partial charge in [-0.1, -0.05) is 0 Å². The second-order valence-electron chi connectivity index (χ2n) is 3.40. The Hall–Kier alpha value is -1.60. The predicted octanol–water partition coefficient (Wildman–Crippen LogP) is 2.11. The molecule has 1 heterocycles. The van der Waals surface area contributed by atoms with Crippen LogP contribution in [0.5, 0.6) is 0 Å². The minimum atomic E-state index is -3.90. The van der Waals surface area contributed by atoms with Crippen molar-refractivity contribution in [1.29, 1.82) is 0 Å². The van der Waals surface area contributed by atoms with Crippen LogP contribution < -0.4 is 5.82 Å². The Bertz CT molecular complexity index is 713. The fourth-order valence-electron chi connectivity index (χ4n) is 1.38. The quantitative estimate of drug-likeness (QED) is 0.810. The SMILES string of the molecule is O=c1oc(CS(=O)(=O)Cl)c(-c2ccc(F)cc2)o1. The zero-order valence-corrected chi connectivity index (χ0v) is 10.3. The molecule has 0 amide bonds. The number of hydrogen-bond acceptors (Lipinski definition) is 5. The maximum absolute atomic E-state index is 12.7. The average molecular weight is 293 g/mol. The van der Waals surface area contributed by atoms with Gasteiger partial charge >= 0.3 is 5.82 Å². The monoisotopic (exact) mass is 292 g/mol. The van der Waals surface area contributed by atoms with Crippen molar-refractivity contribution in [2.45, 2.75) is 5.75 Å². The molecule has 0 unspecified atom stereocenters. The number of rotatable bonds is 3. The lowest BCUT2D eigenvalue weighted by Gasteiger charge is -1.98. The number of benzene rings is 1. The molecule has 0 bridgehead atoms. The van der Waals surface area contributed by atoms with Gasteiger partial charge in [0.2, 0.25) is 9.05 Å². The van der Waals surface area contributed by atoms with Gasteiger partial charge < -0.3 is 8.83 Å². The van der Waals surface area contributed by atoms with E-state index >= 15 is 0 Å². The van der Waals surface area contributed by atoms with Crippen LogP contribution in [0.15, 0.2) is 37.9 Å². The summed E-state index contributed by atoms with van der Waals surface area (Å²) in [6.07, 6.45) is 0. The van der Waals surface area contributed by atoms with Crippen LogP contribution in [0.3, 0.4) is 0 Å². The molecule has 0 aliphatic heterocycles. The zero-order chi connectivity index (χ0) is 13.3. The molecular formula is C10H6ClFO5S. The van der Waals surface area contributed by atoms with E-state index in [-0.39, 0.29) is 11.5 Å². The third-order valence-corrected chi connectivity index (χ3v) is 2.99. The molecule has 18 heavy (non-hydrogen) atoms. The van der Waals surface area contributed by atoms with Crippen molar-refractivity contribution < 1.29 is 21.6 Å². The lowest BCUT2D eigenvalue weighted by Crippen LogP contribution is -1.95. The maximum atomic E-state index is 12.7. The van der Waals surface area contributed by atoms with E-state index in [1.165, 1.54) is 12.1 Å². The lowest BCUT2D eigenvalue weighted by atomic mass is 10.1.